The van der Waals surface area contributed by atoms with E-state index in [0.29, 0.717) is 0 Å². The Balaban J connectivity index is 2.93. The zero-order valence-corrected chi connectivity index (χ0v) is 7.39. The molecule has 1 aromatic rings. The maximum absolute atomic E-state index is 13.1. The summed E-state index contributed by atoms with van der Waals surface area (Å²) in [5.41, 5.74) is -0.203. The van der Waals surface area contributed by atoms with Crippen molar-refractivity contribution in [3.63, 3.8) is 0 Å². The van der Waals surface area contributed by atoms with Crippen molar-refractivity contribution in [2.45, 2.75) is 5.92 Å². The van der Waals surface area contributed by atoms with Crippen molar-refractivity contribution < 1.29 is 13.6 Å². The Bertz CT molecular complexity index is 293. The predicted octanol–water partition coefficient (Wildman–Crippen LogP) is 2.32. The molecule has 0 aliphatic rings. The van der Waals surface area contributed by atoms with Gasteiger partial charge in [0.15, 0.2) is 0 Å². The lowest BCUT2D eigenvalue weighted by Crippen LogP contribution is -2.23. The molecule has 1 aromatic carbocycles. The molecule has 2 nitrogen and oxygen atoms in total. The van der Waals surface area contributed by atoms with Gasteiger partial charge in [0.25, 0.3) is 5.92 Å². The van der Waals surface area contributed by atoms with Crippen LogP contribution in [0.4, 0.5) is 8.78 Å². The fraction of sp³-hybridized carbons (Fsp3) is 0.250. The minimum atomic E-state index is -3.10. The number of halogens is 3. The molecule has 0 saturated heterocycles. The van der Waals surface area contributed by atoms with Crippen LogP contribution in [0.2, 0.25) is 5.02 Å². The molecule has 72 valence electrons. The van der Waals surface area contributed by atoms with E-state index in [0.717, 1.165) is 0 Å². The highest BCUT2D eigenvalue weighted by atomic mass is 35.5. The number of rotatable bonds is 3. The first-order valence-corrected chi connectivity index (χ1v) is 3.89. The number of hydrogen-bond donors (Lipinski definition) is 1. The molecular formula is C8H8ClF2NO. The normalized spacial score (nSPS) is 11.7. The number of nitrogens with two attached hydrogens (primary N) is 1. The van der Waals surface area contributed by atoms with Crippen LogP contribution in [0, 0.1) is 0 Å². The summed E-state index contributed by atoms with van der Waals surface area (Å²) < 4.78 is 26.1. The second kappa shape index (κ2) is 4.00. The van der Waals surface area contributed by atoms with Crippen LogP contribution < -0.4 is 5.90 Å². The van der Waals surface area contributed by atoms with E-state index in [1.165, 1.54) is 24.3 Å². The van der Waals surface area contributed by atoms with E-state index < -0.39 is 12.5 Å². The first-order chi connectivity index (χ1) is 6.06. The summed E-state index contributed by atoms with van der Waals surface area (Å²) in [6.45, 7) is -0.854. The predicted molar refractivity (Wildman–Crippen MR) is 45.5 cm³/mol. The van der Waals surface area contributed by atoms with Crippen molar-refractivity contribution >= 4 is 11.6 Å². The summed E-state index contributed by atoms with van der Waals surface area (Å²) in [6, 6.07) is 5.41. The molecule has 0 heterocycles. The highest BCUT2D eigenvalue weighted by Gasteiger charge is 2.31. The maximum atomic E-state index is 13.1. The fourth-order valence-corrected chi connectivity index (χ4v) is 1.09. The molecule has 0 aliphatic carbocycles. The largest absolute Gasteiger partial charge is 0.298 e. The molecule has 0 aromatic heterocycles. The van der Waals surface area contributed by atoms with E-state index in [4.69, 9.17) is 11.6 Å². The third-order valence-electron chi connectivity index (χ3n) is 1.51. The van der Waals surface area contributed by atoms with Gasteiger partial charge in [0.1, 0.15) is 6.61 Å². The topological polar surface area (TPSA) is 35.2 Å². The smallest absolute Gasteiger partial charge is 0.298 e. The first-order valence-electron chi connectivity index (χ1n) is 3.52. The molecule has 0 spiro atoms. The van der Waals surface area contributed by atoms with Crippen LogP contribution in [-0.2, 0) is 10.8 Å². The Morgan fingerprint density at radius 1 is 1.46 bits per heavy atom. The van der Waals surface area contributed by atoms with Crippen LogP contribution in [0.25, 0.3) is 0 Å². The van der Waals surface area contributed by atoms with Crippen LogP contribution in [0.3, 0.4) is 0 Å². The van der Waals surface area contributed by atoms with E-state index in [1.54, 1.807) is 0 Å². The van der Waals surface area contributed by atoms with Crippen molar-refractivity contribution in [1.82, 2.24) is 0 Å². The fourth-order valence-electron chi connectivity index (χ4n) is 0.904. The van der Waals surface area contributed by atoms with Crippen molar-refractivity contribution in [2.24, 2.45) is 5.90 Å². The molecule has 0 unspecified atom stereocenters. The van der Waals surface area contributed by atoms with E-state index in [-0.39, 0.29) is 10.6 Å². The Hall–Kier alpha value is -0.710. The molecule has 13 heavy (non-hydrogen) atoms. The lowest BCUT2D eigenvalue weighted by molar-refractivity contribution is -0.0837. The second-order valence-electron chi connectivity index (χ2n) is 2.53. The van der Waals surface area contributed by atoms with E-state index in [1.807, 2.05) is 0 Å². The molecular weight excluding hydrogens is 200 g/mol. The third kappa shape index (κ3) is 2.62. The maximum Gasteiger partial charge on any atom is 0.298 e. The van der Waals surface area contributed by atoms with Gasteiger partial charge in [-0.3, -0.25) is 4.84 Å². The van der Waals surface area contributed by atoms with Crippen LogP contribution in [-0.4, -0.2) is 6.61 Å². The summed E-state index contributed by atoms with van der Waals surface area (Å²) in [5, 5.41) is 0.259. The zero-order chi connectivity index (χ0) is 9.90. The van der Waals surface area contributed by atoms with Gasteiger partial charge in [-0.2, -0.15) is 8.78 Å². The lowest BCUT2D eigenvalue weighted by atomic mass is 10.1. The van der Waals surface area contributed by atoms with E-state index >= 15 is 0 Å². The molecule has 0 aliphatic heterocycles. The summed E-state index contributed by atoms with van der Waals surface area (Å²) in [6.07, 6.45) is 0. The average Bonchev–Trinajstić information content (AvgIpc) is 2.04. The number of alkyl halides is 2. The average molecular weight is 208 g/mol. The van der Waals surface area contributed by atoms with Gasteiger partial charge >= 0.3 is 0 Å². The van der Waals surface area contributed by atoms with Gasteiger partial charge in [0.05, 0.1) is 0 Å². The van der Waals surface area contributed by atoms with Crippen LogP contribution >= 0.6 is 11.6 Å². The minimum Gasteiger partial charge on any atom is -0.298 e. The lowest BCUT2D eigenvalue weighted by Gasteiger charge is -2.14. The molecule has 0 amide bonds. The molecule has 5 heteroatoms. The second-order valence-corrected chi connectivity index (χ2v) is 2.96. The van der Waals surface area contributed by atoms with Gasteiger partial charge in [-0.25, -0.2) is 5.90 Å². The van der Waals surface area contributed by atoms with Gasteiger partial charge in [-0.15, -0.1) is 0 Å². The van der Waals surface area contributed by atoms with Crippen LogP contribution in [0.1, 0.15) is 5.56 Å². The van der Waals surface area contributed by atoms with Gasteiger partial charge in [-0.05, 0) is 12.1 Å². The molecule has 0 fully saturated rings. The standard InChI is InChI=1S/C8H8ClF2NO/c9-7-3-1-2-6(4-7)8(10,11)5-13-12/h1-4H,5,12H2. The minimum absolute atomic E-state index is 0.203. The molecule has 0 atom stereocenters. The molecule has 0 bridgehead atoms. The molecule has 1 rings (SSSR count). The number of hydrogen-bond acceptors (Lipinski definition) is 2. The van der Waals surface area contributed by atoms with Crippen molar-refractivity contribution in [2.75, 3.05) is 6.61 Å². The van der Waals surface area contributed by atoms with Gasteiger partial charge in [0, 0.05) is 10.6 Å². The van der Waals surface area contributed by atoms with E-state index in [9.17, 15) is 8.78 Å². The third-order valence-corrected chi connectivity index (χ3v) is 1.75. The highest BCUT2D eigenvalue weighted by molar-refractivity contribution is 6.30. The van der Waals surface area contributed by atoms with Gasteiger partial charge in [0.2, 0.25) is 0 Å². The summed E-state index contributed by atoms with van der Waals surface area (Å²) in [5.74, 6) is 1.48. The van der Waals surface area contributed by atoms with Crippen molar-refractivity contribution in [3.8, 4) is 0 Å². The first kappa shape index (κ1) is 10.4. The Morgan fingerprint density at radius 3 is 2.69 bits per heavy atom. The van der Waals surface area contributed by atoms with Crippen molar-refractivity contribution in [3.05, 3.63) is 34.9 Å². The van der Waals surface area contributed by atoms with E-state index in [2.05, 4.69) is 10.7 Å². The summed E-state index contributed by atoms with van der Waals surface area (Å²) in [7, 11) is 0. The Kier molecular flexibility index (Phi) is 3.19. The number of benzene rings is 1. The SMILES string of the molecule is NOCC(F)(F)c1cccc(Cl)c1. The van der Waals surface area contributed by atoms with Crippen LogP contribution in [0.15, 0.2) is 24.3 Å². The molecule has 0 radical (unpaired) electrons. The highest BCUT2D eigenvalue weighted by Crippen LogP contribution is 2.29. The van der Waals surface area contributed by atoms with Gasteiger partial charge < -0.3 is 0 Å². The monoisotopic (exact) mass is 207 g/mol. The summed E-state index contributed by atoms with van der Waals surface area (Å²) in [4.78, 5) is 3.91. The Labute approximate surface area is 79.2 Å². The van der Waals surface area contributed by atoms with Crippen LogP contribution in [0.5, 0.6) is 0 Å². The van der Waals surface area contributed by atoms with Crippen molar-refractivity contribution in [1.29, 1.82) is 0 Å². The van der Waals surface area contributed by atoms with Gasteiger partial charge in [-0.1, -0.05) is 23.7 Å². The zero-order valence-electron chi connectivity index (χ0n) is 6.64. The molecule has 2 N–H and O–H groups in total. The Morgan fingerprint density at radius 2 is 2.15 bits per heavy atom. The summed E-state index contributed by atoms with van der Waals surface area (Å²) >= 11 is 5.55. The quantitative estimate of drug-likeness (QED) is 0.772. The molecule has 0 saturated carbocycles.